The minimum Gasteiger partial charge on any atom is -0.267 e. The fourth-order valence-electron chi connectivity index (χ4n) is 3.18. The molecule has 0 radical (unpaired) electrons. The number of nitrogens with one attached hydrogen (secondary N) is 1. The Labute approximate surface area is 174 Å². The molecule has 0 aliphatic heterocycles. The third-order valence-electron chi connectivity index (χ3n) is 4.68. The van der Waals surface area contributed by atoms with Crippen LogP contribution in [0.25, 0.3) is 27.8 Å². The fourth-order valence-corrected chi connectivity index (χ4v) is 3.30. The lowest BCUT2D eigenvalue weighted by atomic mass is 10.1. The van der Waals surface area contributed by atoms with E-state index in [4.69, 9.17) is 11.6 Å². The van der Waals surface area contributed by atoms with Crippen LogP contribution in [0.4, 0.5) is 0 Å². The van der Waals surface area contributed by atoms with Gasteiger partial charge < -0.3 is 0 Å². The van der Waals surface area contributed by atoms with Gasteiger partial charge in [0.25, 0.3) is 11.5 Å². The summed E-state index contributed by atoms with van der Waals surface area (Å²) in [5, 5.41) is 13.3. The van der Waals surface area contributed by atoms with Crippen molar-refractivity contribution in [2.75, 3.05) is 5.43 Å². The first-order chi connectivity index (χ1) is 14.6. The first kappa shape index (κ1) is 18.0. The summed E-state index contributed by atoms with van der Waals surface area (Å²) in [6, 6.07) is 17.6. The maximum absolute atomic E-state index is 12.8. The number of halogens is 1. The zero-order valence-corrected chi connectivity index (χ0v) is 16.1. The Morgan fingerprint density at radius 2 is 1.73 bits per heavy atom. The molecule has 0 spiro atoms. The van der Waals surface area contributed by atoms with Crippen molar-refractivity contribution in [3.05, 3.63) is 94.0 Å². The van der Waals surface area contributed by atoms with Gasteiger partial charge in [-0.3, -0.25) is 15.0 Å². The van der Waals surface area contributed by atoms with Crippen molar-refractivity contribution in [1.29, 1.82) is 0 Å². The average Bonchev–Trinajstić information content (AvgIpc) is 3.21. The van der Waals surface area contributed by atoms with Crippen molar-refractivity contribution < 1.29 is 4.79 Å². The molecule has 1 N–H and O–H groups in total. The highest BCUT2D eigenvalue weighted by atomic mass is 35.5. The molecule has 0 fully saturated rings. The van der Waals surface area contributed by atoms with Crippen molar-refractivity contribution in [3.8, 4) is 11.1 Å². The lowest BCUT2D eigenvalue weighted by molar-refractivity contribution is 0.101. The first-order valence-electron chi connectivity index (χ1n) is 9.00. The summed E-state index contributed by atoms with van der Waals surface area (Å²) >= 11 is 5.96. The van der Waals surface area contributed by atoms with Gasteiger partial charge in [0.1, 0.15) is 5.52 Å². The Kier molecular flexibility index (Phi) is 4.26. The quantitative estimate of drug-likeness (QED) is 0.487. The molecule has 8 nitrogen and oxygen atoms in total. The van der Waals surface area contributed by atoms with Gasteiger partial charge in [-0.25, -0.2) is 9.19 Å². The Morgan fingerprint density at radius 1 is 0.967 bits per heavy atom. The lowest BCUT2D eigenvalue weighted by Gasteiger charge is -2.09. The molecule has 0 saturated carbocycles. The van der Waals surface area contributed by atoms with Crippen LogP contribution in [0.2, 0.25) is 5.02 Å². The maximum Gasteiger partial charge on any atom is 0.299 e. The number of pyridine rings is 1. The van der Waals surface area contributed by atoms with E-state index in [0.29, 0.717) is 21.7 Å². The summed E-state index contributed by atoms with van der Waals surface area (Å²) in [6.07, 6.45) is 3.13. The van der Waals surface area contributed by atoms with Gasteiger partial charge >= 0.3 is 0 Å². The minimum absolute atomic E-state index is 0.0871. The highest BCUT2D eigenvalue weighted by Crippen LogP contribution is 2.25. The van der Waals surface area contributed by atoms with Gasteiger partial charge in [-0.1, -0.05) is 41.9 Å². The van der Waals surface area contributed by atoms with E-state index < -0.39 is 11.5 Å². The zero-order chi connectivity index (χ0) is 20.7. The van der Waals surface area contributed by atoms with E-state index >= 15 is 0 Å². The van der Waals surface area contributed by atoms with Crippen LogP contribution in [0, 0.1) is 0 Å². The van der Waals surface area contributed by atoms with Crippen LogP contribution >= 0.6 is 11.6 Å². The second-order valence-electron chi connectivity index (χ2n) is 6.53. The second-order valence-corrected chi connectivity index (χ2v) is 6.97. The van der Waals surface area contributed by atoms with Crippen LogP contribution in [0.5, 0.6) is 0 Å². The van der Waals surface area contributed by atoms with Crippen molar-refractivity contribution >= 4 is 34.2 Å². The molecule has 5 aromatic rings. The van der Waals surface area contributed by atoms with Gasteiger partial charge in [-0.2, -0.15) is 5.10 Å². The van der Waals surface area contributed by atoms with E-state index in [1.807, 2.05) is 18.2 Å². The number of fused-ring (bicyclic) bond motifs is 3. The molecule has 3 aromatic heterocycles. The van der Waals surface area contributed by atoms with Gasteiger partial charge in [0, 0.05) is 22.3 Å². The number of carbonyl (C=O) groups excluding carboxylic acids is 1. The number of rotatable bonds is 3. The summed E-state index contributed by atoms with van der Waals surface area (Å²) in [4.78, 5) is 25.2. The number of carbonyl (C=O) groups is 1. The standard InChI is InChI=1S/C21H13ClN6O2/c22-15-8-6-13(7-9-15)16-12-23-28-17-10-11-27(21(30)18(17)24-25-19(16)28)26-20(29)14-4-2-1-3-5-14/h1-12H,(H,26,29). The average molecular weight is 417 g/mol. The molecular formula is C21H13ClN6O2. The fraction of sp³-hybridized carbons (Fsp3) is 0. The molecule has 2 aromatic carbocycles. The normalized spacial score (nSPS) is 11.1. The van der Waals surface area contributed by atoms with E-state index in [-0.39, 0.29) is 5.52 Å². The van der Waals surface area contributed by atoms with Crippen molar-refractivity contribution in [2.24, 2.45) is 0 Å². The highest BCUT2D eigenvalue weighted by Gasteiger charge is 2.15. The van der Waals surface area contributed by atoms with E-state index in [1.54, 1.807) is 53.2 Å². The monoisotopic (exact) mass is 416 g/mol. The van der Waals surface area contributed by atoms with E-state index in [1.165, 1.54) is 6.20 Å². The molecule has 30 heavy (non-hydrogen) atoms. The molecule has 3 heterocycles. The van der Waals surface area contributed by atoms with Gasteiger partial charge in [0.15, 0.2) is 11.2 Å². The molecule has 0 bridgehead atoms. The molecule has 9 heteroatoms. The summed E-state index contributed by atoms with van der Waals surface area (Å²) in [5.74, 6) is -0.407. The van der Waals surface area contributed by atoms with Crippen LogP contribution < -0.4 is 11.0 Å². The largest absolute Gasteiger partial charge is 0.299 e. The van der Waals surface area contributed by atoms with Crippen LogP contribution in [-0.4, -0.2) is 30.4 Å². The van der Waals surface area contributed by atoms with Gasteiger partial charge in [-0.15, -0.1) is 10.2 Å². The molecular weight excluding hydrogens is 404 g/mol. The molecule has 0 aliphatic rings. The summed E-state index contributed by atoms with van der Waals surface area (Å²) in [7, 11) is 0. The number of benzene rings is 2. The smallest absolute Gasteiger partial charge is 0.267 e. The molecule has 0 saturated heterocycles. The molecule has 0 unspecified atom stereocenters. The van der Waals surface area contributed by atoms with Crippen molar-refractivity contribution in [2.45, 2.75) is 0 Å². The summed E-state index contributed by atoms with van der Waals surface area (Å²) < 4.78 is 2.64. The Balaban J connectivity index is 1.58. The van der Waals surface area contributed by atoms with Crippen LogP contribution in [0.1, 0.15) is 10.4 Å². The van der Waals surface area contributed by atoms with E-state index in [0.717, 1.165) is 15.8 Å². The Hall–Kier alpha value is -4.04. The van der Waals surface area contributed by atoms with Crippen LogP contribution in [0.3, 0.4) is 0 Å². The van der Waals surface area contributed by atoms with Gasteiger partial charge in [-0.05, 0) is 35.9 Å². The van der Waals surface area contributed by atoms with Crippen molar-refractivity contribution in [1.82, 2.24) is 24.5 Å². The Morgan fingerprint density at radius 3 is 2.50 bits per heavy atom. The third-order valence-corrected chi connectivity index (χ3v) is 4.93. The summed E-state index contributed by atoms with van der Waals surface area (Å²) in [6.45, 7) is 0. The minimum atomic E-state index is -0.505. The number of hydrogen-bond acceptors (Lipinski definition) is 5. The van der Waals surface area contributed by atoms with Crippen LogP contribution in [-0.2, 0) is 0 Å². The number of hydrogen-bond donors (Lipinski definition) is 1. The second kappa shape index (κ2) is 7.09. The predicted octanol–water partition coefficient (Wildman–Crippen LogP) is 3.14. The number of amides is 1. The number of nitrogens with zero attached hydrogens (tertiary/aromatic N) is 5. The molecule has 1 amide bonds. The molecule has 146 valence electrons. The van der Waals surface area contributed by atoms with E-state index in [9.17, 15) is 9.59 Å². The zero-order valence-electron chi connectivity index (χ0n) is 15.4. The third kappa shape index (κ3) is 2.99. The predicted molar refractivity (Wildman–Crippen MR) is 113 cm³/mol. The SMILES string of the molecule is O=C(Nn1ccc2c(nnc3c(-c4ccc(Cl)cc4)cnn32)c1=O)c1ccccc1. The maximum atomic E-state index is 12.8. The first-order valence-corrected chi connectivity index (χ1v) is 9.38. The molecule has 0 aliphatic carbocycles. The topological polar surface area (TPSA) is 94.2 Å². The summed E-state index contributed by atoms with van der Waals surface area (Å²) in [5.41, 5.74) is 5.22. The molecule has 0 atom stereocenters. The lowest BCUT2D eigenvalue weighted by Crippen LogP contribution is -2.33. The highest BCUT2D eigenvalue weighted by molar-refractivity contribution is 6.30. The van der Waals surface area contributed by atoms with Gasteiger partial charge in [0.05, 0.1) is 6.20 Å². The Bertz CT molecular complexity index is 1460. The number of aromatic nitrogens is 5. The van der Waals surface area contributed by atoms with Crippen molar-refractivity contribution in [3.63, 3.8) is 0 Å². The molecule has 5 rings (SSSR count). The van der Waals surface area contributed by atoms with Crippen LogP contribution in [0.15, 0.2) is 77.9 Å². The van der Waals surface area contributed by atoms with E-state index in [2.05, 4.69) is 20.7 Å². The van der Waals surface area contributed by atoms with Gasteiger partial charge in [0.2, 0.25) is 0 Å².